The van der Waals surface area contributed by atoms with Crippen LogP contribution in [0.2, 0.25) is 0 Å². The van der Waals surface area contributed by atoms with Crippen molar-refractivity contribution in [3.05, 3.63) is 92.8 Å². The van der Waals surface area contributed by atoms with Gasteiger partial charge in [-0.05, 0) is 6.92 Å². The van der Waals surface area contributed by atoms with Crippen molar-refractivity contribution < 1.29 is 82.9 Å². The van der Waals surface area contributed by atoms with E-state index < -0.39 is 183 Å². The first kappa shape index (κ1) is 37.6. The fraction of sp³-hybridized carbons (Fsp3) is 0.0303. The summed E-state index contributed by atoms with van der Waals surface area (Å²) in [7, 11) is 0. The zero-order valence-electron chi connectivity index (χ0n) is 26.5. The Morgan fingerprint density at radius 2 is 0.509 bits per heavy atom. The van der Waals surface area contributed by atoms with Crippen molar-refractivity contribution in [1.82, 2.24) is 39.9 Å². The Morgan fingerprint density at radius 1 is 0.281 bits per heavy atom. The number of benzene rings is 4. The second kappa shape index (κ2) is 12.4. The topological polar surface area (TPSA) is 106 Å². The molecule has 3 aromatic heterocycles. The van der Waals surface area contributed by atoms with Gasteiger partial charge in [0.1, 0.15) is 5.82 Å². The monoisotopic (exact) mass is 859 g/mol. The minimum absolute atomic E-state index is 0. The smallest absolute Gasteiger partial charge is 0.357 e. The SMILES string of the molecule is Cc1c(F)c(F)c2c3nc4nc(nc5[n-]c(nc6nc(nc([n-]3)c2c1F)-c1c(F)c(F)c(F)c(F)c1-6)c1c(F)c(F)c(F)c(F)c51)-c1c(F)c(F)c(F)c(F)c1-4.[Cu+2]. The molecule has 0 N–H and O–H groups in total. The first-order valence-electron chi connectivity index (χ1n) is 14.9. The standard InChI is InChI=1S/C33H3F15N8.Cu/c1-2-11(34)3-4(13(36)12(2)35)27-49-26(3)50-28-5-6(15(38)21(44)20(43)14(5)37)30(52-28)54-32-9-10(19(42)25(48)24(47)18(9)41)33(56-32)55-31-8-7(29(51-27)53-31)16(39)22(45)23(46)17(8)40;/h1H3;/q-2;+2. The van der Waals surface area contributed by atoms with Gasteiger partial charge in [-0.25, -0.2) is 75.8 Å². The van der Waals surface area contributed by atoms with Gasteiger partial charge in [0.05, 0.1) is 45.6 Å². The van der Waals surface area contributed by atoms with Crippen LogP contribution in [0.25, 0.3) is 89.7 Å². The molecule has 4 aromatic carbocycles. The molecular formula is C33H3CuF15N8. The van der Waals surface area contributed by atoms with E-state index in [1.807, 2.05) is 0 Å². The van der Waals surface area contributed by atoms with Crippen LogP contribution in [0.1, 0.15) is 5.56 Å². The summed E-state index contributed by atoms with van der Waals surface area (Å²) in [5, 5.41) is -5.38. The molecule has 57 heavy (non-hydrogen) atoms. The third-order valence-electron chi connectivity index (χ3n) is 8.82. The van der Waals surface area contributed by atoms with Crippen LogP contribution in [0.5, 0.6) is 0 Å². The molecule has 0 atom stereocenters. The number of halogens is 15. The largest absolute Gasteiger partial charge is 2.00 e. The second-order valence-corrected chi connectivity index (χ2v) is 11.8. The number of hydrogen-bond donors (Lipinski definition) is 0. The Bertz CT molecular complexity index is 2820. The molecular weight excluding hydrogens is 857 g/mol. The molecule has 0 aliphatic carbocycles. The van der Waals surface area contributed by atoms with E-state index in [1.54, 1.807) is 0 Å². The van der Waals surface area contributed by atoms with Crippen LogP contribution in [-0.4, -0.2) is 29.9 Å². The number of nitrogens with zero attached hydrogens (tertiary/aromatic N) is 8. The maximum atomic E-state index is 15.8. The van der Waals surface area contributed by atoms with Crippen LogP contribution in [0, 0.1) is 94.2 Å². The Hall–Kier alpha value is -6.29. The fourth-order valence-corrected chi connectivity index (χ4v) is 6.25. The Kier molecular flexibility index (Phi) is 8.15. The molecule has 0 saturated carbocycles. The van der Waals surface area contributed by atoms with Gasteiger partial charge in [0.2, 0.25) is 0 Å². The Balaban J connectivity index is 0.00000455. The maximum absolute atomic E-state index is 15.8. The summed E-state index contributed by atoms with van der Waals surface area (Å²) in [6.07, 6.45) is 0. The quantitative estimate of drug-likeness (QED) is 0.0648. The molecule has 291 valence electrons. The van der Waals surface area contributed by atoms with E-state index in [0.29, 0.717) is 6.92 Å². The van der Waals surface area contributed by atoms with E-state index in [9.17, 15) is 30.7 Å². The van der Waals surface area contributed by atoms with E-state index in [0.717, 1.165) is 0 Å². The molecule has 9 rings (SSSR count). The van der Waals surface area contributed by atoms with Crippen molar-refractivity contribution in [3.8, 4) is 45.6 Å². The van der Waals surface area contributed by atoms with Gasteiger partial charge in [-0.15, -0.1) is 0 Å². The molecule has 0 saturated heterocycles. The number of fused-ring (bicyclic) bond motifs is 20. The van der Waals surface area contributed by atoms with Crippen LogP contribution in [-0.2, 0) is 17.1 Å². The summed E-state index contributed by atoms with van der Waals surface area (Å²) in [5.41, 5.74) is -12.0. The van der Waals surface area contributed by atoms with Gasteiger partial charge in [0, 0.05) is 49.7 Å². The summed E-state index contributed by atoms with van der Waals surface area (Å²) in [6, 6.07) is 0. The minimum atomic E-state index is -2.53. The van der Waals surface area contributed by atoms with Crippen LogP contribution in [0.15, 0.2) is 0 Å². The third-order valence-corrected chi connectivity index (χ3v) is 8.82. The molecule has 8 bridgehead atoms. The molecule has 0 spiro atoms. The average molecular weight is 860 g/mol. The van der Waals surface area contributed by atoms with Gasteiger partial charge >= 0.3 is 17.1 Å². The van der Waals surface area contributed by atoms with Crippen molar-refractivity contribution in [1.29, 1.82) is 0 Å². The Labute approximate surface area is 312 Å². The molecule has 2 aliphatic heterocycles. The summed E-state index contributed by atoms with van der Waals surface area (Å²) >= 11 is 0. The van der Waals surface area contributed by atoms with Gasteiger partial charge in [-0.1, -0.05) is 0 Å². The number of aromatic nitrogens is 8. The summed E-state index contributed by atoms with van der Waals surface area (Å²) in [4.78, 5) is 29.0. The summed E-state index contributed by atoms with van der Waals surface area (Å²) in [5.74, 6) is -39.6. The van der Waals surface area contributed by atoms with E-state index in [-0.39, 0.29) is 17.1 Å². The van der Waals surface area contributed by atoms with Crippen molar-refractivity contribution >= 4 is 44.1 Å². The Morgan fingerprint density at radius 3 is 0.789 bits per heavy atom. The zero-order chi connectivity index (χ0) is 40.1. The van der Waals surface area contributed by atoms with Gasteiger partial charge < -0.3 is 29.9 Å². The second-order valence-electron chi connectivity index (χ2n) is 11.8. The van der Waals surface area contributed by atoms with Gasteiger partial charge in [0.25, 0.3) is 0 Å². The number of rotatable bonds is 0. The van der Waals surface area contributed by atoms with E-state index in [1.165, 1.54) is 0 Å². The first-order valence-corrected chi connectivity index (χ1v) is 14.9. The van der Waals surface area contributed by atoms with Crippen LogP contribution < -0.4 is 9.97 Å². The predicted molar refractivity (Wildman–Crippen MR) is 158 cm³/mol. The molecule has 7 aromatic rings. The molecule has 8 nitrogen and oxygen atoms in total. The zero-order valence-corrected chi connectivity index (χ0v) is 27.5. The summed E-state index contributed by atoms with van der Waals surface area (Å²) < 4.78 is 227. The molecule has 0 unspecified atom stereocenters. The molecule has 2 aliphatic rings. The van der Waals surface area contributed by atoms with Gasteiger partial charge in [0.15, 0.2) is 81.4 Å². The molecule has 0 fully saturated rings. The molecule has 24 heteroatoms. The van der Waals surface area contributed by atoms with Crippen LogP contribution in [0.3, 0.4) is 0 Å². The van der Waals surface area contributed by atoms with Gasteiger partial charge in [-0.3, -0.25) is 0 Å². The van der Waals surface area contributed by atoms with Crippen LogP contribution >= 0.6 is 0 Å². The van der Waals surface area contributed by atoms with Crippen molar-refractivity contribution in [2.24, 2.45) is 0 Å². The van der Waals surface area contributed by atoms with Gasteiger partial charge in [-0.2, -0.15) is 0 Å². The number of hydrogen-bond acceptors (Lipinski definition) is 6. The third kappa shape index (κ3) is 4.79. The maximum Gasteiger partial charge on any atom is 2.00 e. The fourth-order valence-electron chi connectivity index (χ4n) is 6.25. The molecule has 1 radical (unpaired) electrons. The van der Waals surface area contributed by atoms with E-state index in [4.69, 9.17) is 0 Å². The van der Waals surface area contributed by atoms with Crippen molar-refractivity contribution in [2.45, 2.75) is 6.92 Å². The summed E-state index contributed by atoms with van der Waals surface area (Å²) in [6.45, 7) is 0.716. The first-order chi connectivity index (χ1) is 26.4. The predicted octanol–water partition coefficient (Wildman–Crippen LogP) is 8.52. The minimum Gasteiger partial charge on any atom is -0.357 e. The van der Waals surface area contributed by atoms with E-state index >= 15 is 35.1 Å². The van der Waals surface area contributed by atoms with Crippen molar-refractivity contribution in [2.75, 3.05) is 0 Å². The molecule has 5 heterocycles. The van der Waals surface area contributed by atoms with E-state index in [2.05, 4.69) is 39.9 Å². The molecule has 0 amide bonds. The van der Waals surface area contributed by atoms with Crippen LogP contribution in [0.4, 0.5) is 65.9 Å². The average Bonchev–Trinajstić information content (AvgIpc) is 3.92. The van der Waals surface area contributed by atoms with Crippen molar-refractivity contribution in [3.63, 3.8) is 0 Å². The normalized spacial score (nSPS) is 12.1.